The first-order valence-electron chi connectivity index (χ1n) is 7.68. The normalized spacial score (nSPS) is 15.7. The molecule has 6 nitrogen and oxygen atoms in total. The molecule has 1 aliphatic heterocycles. The molecule has 0 unspecified atom stereocenters. The van der Waals surface area contributed by atoms with E-state index in [1.807, 2.05) is 37.3 Å². The van der Waals surface area contributed by atoms with Crippen molar-refractivity contribution in [2.75, 3.05) is 13.1 Å². The number of carboxylic acid groups (broad SMARTS) is 1. The average molecular weight is 378 g/mol. The Balaban J connectivity index is 1.92. The number of thiocarbonyl (C=S) groups is 1. The van der Waals surface area contributed by atoms with Crippen LogP contribution in [0, 0.1) is 6.92 Å². The van der Waals surface area contributed by atoms with Crippen LogP contribution in [0.15, 0.2) is 29.2 Å². The summed E-state index contributed by atoms with van der Waals surface area (Å²) in [5.74, 6) is -1.61. The van der Waals surface area contributed by atoms with E-state index in [1.54, 1.807) is 0 Å². The Morgan fingerprint density at radius 1 is 1.36 bits per heavy atom. The molecule has 132 valence electrons. The minimum absolute atomic E-state index is 0.140. The van der Waals surface area contributed by atoms with E-state index < -0.39 is 12.5 Å². The van der Waals surface area contributed by atoms with Gasteiger partial charge in [-0.25, -0.2) is 0 Å². The first-order chi connectivity index (χ1) is 11.9. The van der Waals surface area contributed by atoms with Crippen molar-refractivity contribution in [2.45, 2.75) is 19.8 Å². The Morgan fingerprint density at radius 2 is 2.08 bits per heavy atom. The summed E-state index contributed by atoms with van der Waals surface area (Å²) < 4.78 is 0.468. The summed E-state index contributed by atoms with van der Waals surface area (Å²) in [6, 6.07) is 7.76. The zero-order chi connectivity index (χ0) is 18.4. The molecule has 0 atom stereocenters. The Bertz CT molecular complexity index is 746. The molecule has 0 radical (unpaired) electrons. The summed E-state index contributed by atoms with van der Waals surface area (Å²) in [6.07, 6.45) is 2.38. The van der Waals surface area contributed by atoms with Gasteiger partial charge < -0.3 is 10.4 Å². The van der Waals surface area contributed by atoms with Gasteiger partial charge in [-0.3, -0.25) is 19.3 Å². The molecule has 0 spiro atoms. The molecule has 2 N–H and O–H groups in total. The van der Waals surface area contributed by atoms with E-state index in [4.69, 9.17) is 17.3 Å². The predicted molar refractivity (Wildman–Crippen MR) is 101 cm³/mol. The molecule has 1 aliphatic rings. The van der Waals surface area contributed by atoms with Crippen LogP contribution in [0.3, 0.4) is 0 Å². The molecule has 0 bridgehead atoms. The third-order valence-corrected chi connectivity index (χ3v) is 4.95. The standard InChI is InChI=1S/C17H18N2O4S2/c1-11-5-2-3-6-12(11)9-13-16(23)19(17(24)25-13)8-4-7-14(20)18-10-15(21)22/h2-3,5-6,9H,4,7-8,10H2,1H3,(H,18,20)(H,21,22)/b13-9-. The number of thioether (sulfide) groups is 1. The molecule has 1 fully saturated rings. The zero-order valence-electron chi connectivity index (χ0n) is 13.7. The van der Waals surface area contributed by atoms with Gasteiger partial charge >= 0.3 is 5.97 Å². The summed E-state index contributed by atoms with van der Waals surface area (Å²) in [7, 11) is 0. The van der Waals surface area contributed by atoms with E-state index in [0.717, 1.165) is 11.1 Å². The fourth-order valence-electron chi connectivity index (χ4n) is 2.24. The maximum absolute atomic E-state index is 12.5. The molecule has 0 aliphatic carbocycles. The van der Waals surface area contributed by atoms with Gasteiger partial charge in [-0.15, -0.1) is 0 Å². The molecular formula is C17H18N2O4S2. The number of hydrogen-bond acceptors (Lipinski definition) is 5. The van der Waals surface area contributed by atoms with Crippen molar-refractivity contribution in [1.82, 2.24) is 10.2 Å². The Hall–Kier alpha value is -2.19. The van der Waals surface area contributed by atoms with Gasteiger partial charge in [0.05, 0.1) is 4.91 Å². The second-order valence-electron chi connectivity index (χ2n) is 5.46. The van der Waals surface area contributed by atoms with E-state index in [0.29, 0.717) is 22.2 Å². The number of aliphatic carboxylic acids is 1. The molecular weight excluding hydrogens is 360 g/mol. The fraction of sp³-hybridized carbons (Fsp3) is 0.294. The second kappa shape index (κ2) is 8.77. The van der Waals surface area contributed by atoms with Crippen LogP contribution in [-0.4, -0.2) is 45.2 Å². The van der Waals surface area contributed by atoms with Crippen molar-refractivity contribution in [3.05, 3.63) is 40.3 Å². The number of aryl methyl sites for hydroxylation is 1. The van der Waals surface area contributed by atoms with E-state index in [2.05, 4.69) is 5.32 Å². The Morgan fingerprint density at radius 3 is 2.76 bits per heavy atom. The minimum Gasteiger partial charge on any atom is -0.480 e. The van der Waals surface area contributed by atoms with Crippen LogP contribution in [0.5, 0.6) is 0 Å². The van der Waals surface area contributed by atoms with Gasteiger partial charge in [-0.05, 0) is 30.5 Å². The predicted octanol–water partition coefficient (Wildman–Crippen LogP) is 2.18. The van der Waals surface area contributed by atoms with Gasteiger partial charge in [0.15, 0.2) is 0 Å². The topological polar surface area (TPSA) is 86.7 Å². The first-order valence-corrected chi connectivity index (χ1v) is 8.90. The number of rotatable bonds is 7. The smallest absolute Gasteiger partial charge is 0.322 e. The average Bonchev–Trinajstić information content (AvgIpc) is 2.82. The zero-order valence-corrected chi connectivity index (χ0v) is 15.3. The maximum atomic E-state index is 12.5. The van der Waals surface area contributed by atoms with Gasteiger partial charge in [0.25, 0.3) is 5.91 Å². The number of nitrogens with zero attached hydrogens (tertiary/aromatic N) is 1. The van der Waals surface area contributed by atoms with Crippen LogP contribution >= 0.6 is 24.0 Å². The molecule has 0 saturated carbocycles. The van der Waals surface area contributed by atoms with Crippen molar-refractivity contribution >= 4 is 52.2 Å². The number of nitrogens with one attached hydrogen (secondary N) is 1. The van der Waals surface area contributed by atoms with Gasteiger partial charge in [-0.2, -0.15) is 0 Å². The van der Waals surface area contributed by atoms with Gasteiger partial charge in [0.2, 0.25) is 5.91 Å². The lowest BCUT2D eigenvalue weighted by molar-refractivity contribution is -0.137. The highest BCUT2D eigenvalue weighted by atomic mass is 32.2. The Kier molecular flexibility index (Phi) is 6.72. The van der Waals surface area contributed by atoms with Crippen LogP contribution in [0.4, 0.5) is 0 Å². The lowest BCUT2D eigenvalue weighted by Crippen LogP contribution is -2.32. The number of carboxylic acids is 1. The summed E-state index contributed by atoms with van der Waals surface area (Å²) in [4.78, 5) is 36.4. The number of carbonyl (C=O) groups is 3. The minimum atomic E-state index is -1.09. The van der Waals surface area contributed by atoms with E-state index in [1.165, 1.54) is 16.7 Å². The number of hydrogen-bond donors (Lipinski definition) is 2. The van der Waals surface area contributed by atoms with E-state index in [9.17, 15) is 14.4 Å². The lowest BCUT2D eigenvalue weighted by atomic mass is 10.1. The van der Waals surface area contributed by atoms with Crippen molar-refractivity contribution in [3.8, 4) is 0 Å². The molecule has 1 heterocycles. The van der Waals surface area contributed by atoms with Crippen LogP contribution in [0.1, 0.15) is 24.0 Å². The summed E-state index contributed by atoms with van der Waals surface area (Å²) >= 11 is 6.51. The van der Waals surface area contributed by atoms with Crippen molar-refractivity contribution in [2.24, 2.45) is 0 Å². The van der Waals surface area contributed by atoms with Crippen LogP contribution < -0.4 is 5.32 Å². The van der Waals surface area contributed by atoms with E-state index in [-0.39, 0.29) is 18.2 Å². The van der Waals surface area contributed by atoms with Crippen molar-refractivity contribution in [1.29, 1.82) is 0 Å². The number of benzene rings is 1. The molecule has 0 aromatic heterocycles. The second-order valence-corrected chi connectivity index (χ2v) is 7.14. The molecule has 8 heteroatoms. The largest absolute Gasteiger partial charge is 0.480 e. The third-order valence-electron chi connectivity index (χ3n) is 3.57. The van der Waals surface area contributed by atoms with Crippen LogP contribution in [0.25, 0.3) is 6.08 Å². The van der Waals surface area contributed by atoms with Crippen LogP contribution in [0.2, 0.25) is 0 Å². The van der Waals surface area contributed by atoms with Crippen molar-refractivity contribution in [3.63, 3.8) is 0 Å². The third kappa shape index (κ3) is 5.40. The molecule has 1 aromatic carbocycles. The summed E-state index contributed by atoms with van der Waals surface area (Å²) in [5, 5.41) is 10.8. The molecule has 1 aromatic rings. The highest BCUT2D eigenvalue weighted by molar-refractivity contribution is 8.26. The summed E-state index contributed by atoms with van der Waals surface area (Å²) in [5.41, 5.74) is 2.04. The van der Waals surface area contributed by atoms with E-state index >= 15 is 0 Å². The highest BCUT2D eigenvalue weighted by Gasteiger charge is 2.31. The van der Waals surface area contributed by atoms with Crippen LogP contribution in [-0.2, 0) is 14.4 Å². The SMILES string of the molecule is Cc1ccccc1/C=C1\SC(=S)N(CCCC(=O)NCC(=O)O)C1=O. The molecule has 25 heavy (non-hydrogen) atoms. The maximum Gasteiger partial charge on any atom is 0.322 e. The monoisotopic (exact) mass is 378 g/mol. The van der Waals surface area contributed by atoms with Gasteiger partial charge in [0.1, 0.15) is 10.9 Å². The highest BCUT2D eigenvalue weighted by Crippen LogP contribution is 2.33. The Labute approximate surface area is 155 Å². The summed E-state index contributed by atoms with van der Waals surface area (Å²) in [6.45, 7) is 1.90. The van der Waals surface area contributed by atoms with Gasteiger partial charge in [-0.1, -0.05) is 48.2 Å². The number of carbonyl (C=O) groups excluding carboxylic acids is 2. The van der Waals surface area contributed by atoms with Gasteiger partial charge in [0, 0.05) is 13.0 Å². The van der Waals surface area contributed by atoms with Crippen molar-refractivity contribution < 1.29 is 19.5 Å². The number of amides is 2. The molecule has 2 amide bonds. The fourth-order valence-corrected chi connectivity index (χ4v) is 3.54. The lowest BCUT2D eigenvalue weighted by Gasteiger charge is -2.13. The molecule has 1 saturated heterocycles. The quantitative estimate of drug-likeness (QED) is 0.559. The first kappa shape index (κ1) is 19.1. The molecule has 2 rings (SSSR count).